The van der Waals surface area contributed by atoms with Gasteiger partial charge in [-0.05, 0) is 55.6 Å². The highest BCUT2D eigenvalue weighted by Gasteiger charge is 2.32. The van der Waals surface area contributed by atoms with E-state index in [4.69, 9.17) is 0 Å². The molecule has 0 spiro atoms. The molecule has 0 amide bonds. The average molecular weight is 319 g/mol. The van der Waals surface area contributed by atoms with Crippen LogP contribution in [0, 0.1) is 11.8 Å². The Morgan fingerprint density at radius 1 is 1.14 bits per heavy atom. The van der Waals surface area contributed by atoms with E-state index in [0.717, 1.165) is 18.4 Å². The summed E-state index contributed by atoms with van der Waals surface area (Å²) in [5.41, 5.74) is 2.58. The van der Waals surface area contributed by atoms with Gasteiger partial charge in [0.1, 0.15) is 0 Å². The van der Waals surface area contributed by atoms with Gasteiger partial charge in [0.15, 0.2) is 0 Å². The van der Waals surface area contributed by atoms with Crippen LogP contribution in [0.4, 0.5) is 0 Å². The van der Waals surface area contributed by atoms with Crippen molar-refractivity contribution in [2.75, 3.05) is 26.2 Å². The number of nitrogens with zero attached hydrogens (tertiary/aromatic N) is 3. The van der Waals surface area contributed by atoms with E-state index in [2.05, 4.69) is 39.5 Å². The number of piperidine rings is 1. The maximum atomic E-state index is 4.09. The summed E-state index contributed by atoms with van der Waals surface area (Å²) >= 11 is 0. The Bertz CT molecular complexity index is 581. The first kappa shape index (κ1) is 15.5. The van der Waals surface area contributed by atoms with Crippen molar-refractivity contribution >= 4 is 12.4 Å². The summed E-state index contributed by atoms with van der Waals surface area (Å²) in [4.78, 5) is 6.71. The minimum absolute atomic E-state index is 0. The fraction of sp³-hybridized carbons (Fsp3) is 0.471. The van der Waals surface area contributed by atoms with E-state index in [1.54, 1.807) is 0 Å². The van der Waals surface area contributed by atoms with Gasteiger partial charge < -0.3 is 9.88 Å². The molecule has 0 radical (unpaired) electrons. The van der Waals surface area contributed by atoms with Crippen LogP contribution in [0.3, 0.4) is 0 Å². The van der Waals surface area contributed by atoms with Crippen molar-refractivity contribution in [1.29, 1.82) is 0 Å². The number of aromatic nitrogens is 2. The van der Waals surface area contributed by atoms with Crippen LogP contribution >= 0.6 is 12.4 Å². The van der Waals surface area contributed by atoms with Gasteiger partial charge in [0, 0.05) is 31.2 Å². The summed E-state index contributed by atoms with van der Waals surface area (Å²) in [7, 11) is 0. The van der Waals surface area contributed by atoms with Crippen LogP contribution in [0.1, 0.15) is 12.0 Å². The molecule has 2 aliphatic heterocycles. The average Bonchev–Trinajstić information content (AvgIpc) is 3.19. The number of rotatable bonds is 3. The van der Waals surface area contributed by atoms with E-state index in [-0.39, 0.29) is 12.4 Å². The highest BCUT2D eigenvalue weighted by atomic mass is 35.5. The zero-order chi connectivity index (χ0) is 14.1. The van der Waals surface area contributed by atoms with Crippen LogP contribution in [0.5, 0.6) is 0 Å². The maximum Gasteiger partial charge on any atom is 0.0991 e. The number of halogens is 1. The topological polar surface area (TPSA) is 33.1 Å². The van der Waals surface area contributed by atoms with Gasteiger partial charge in [-0.1, -0.05) is 12.1 Å². The molecule has 0 saturated carbocycles. The lowest BCUT2D eigenvalue weighted by molar-refractivity contribution is 0.142. The largest absolute Gasteiger partial charge is 0.316 e. The van der Waals surface area contributed by atoms with Gasteiger partial charge in [0.25, 0.3) is 0 Å². The fourth-order valence-corrected chi connectivity index (χ4v) is 3.70. The van der Waals surface area contributed by atoms with Gasteiger partial charge >= 0.3 is 0 Å². The monoisotopic (exact) mass is 318 g/mol. The van der Waals surface area contributed by atoms with Crippen molar-refractivity contribution in [2.45, 2.75) is 13.0 Å². The number of hydrogen-bond acceptors (Lipinski definition) is 3. The van der Waals surface area contributed by atoms with Crippen LogP contribution < -0.4 is 5.32 Å². The summed E-state index contributed by atoms with van der Waals surface area (Å²) in [6.07, 6.45) is 6.98. The SMILES string of the molecule is Cl.c1cn(-c2ccc(CN3CCC4CNCC4C3)cc2)cn1. The van der Waals surface area contributed by atoms with Crippen molar-refractivity contribution in [1.82, 2.24) is 19.8 Å². The molecule has 2 unspecified atom stereocenters. The van der Waals surface area contributed by atoms with E-state index in [0.29, 0.717) is 0 Å². The fourth-order valence-electron chi connectivity index (χ4n) is 3.70. The second-order valence-corrected chi connectivity index (χ2v) is 6.34. The molecule has 2 fully saturated rings. The molecule has 2 aromatic rings. The molecule has 5 heteroatoms. The number of nitrogens with one attached hydrogen (secondary N) is 1. The van der Waals surface area contributed by atoms with Crippen LogP contribution in [0.2, 0.25) is 0 Å². The number of likely N-dealkylation sites (tertiary alicyclic amines) is 1. The van der Waals surface area contributed by atoms with Crippen molar-refractivity contribution in [3.05, 3.63) is 48.5 Å². The molecule has 2 aliphatic rings. The summed E-state index contributed by atoms with van der Waals surface area (Å²) in [6, 6.07) is 8.85. The first-order valence-corrected chi connectivity index (χ1v) is 7.89. The highest BCUT2D eigenvalue weighted by Crippen LogP contribution is 2.27. The summed E-state index contributed by atoms with van der Waals surface area (Å²) in [5.74, 6) is 1.79. The molecule has 0 aliphatic carbocycles. The van der Waals surface area contributed by atoms with Gasteiger partial charge in [-0.2, -0.15) is 0 Å². The number of benzene rings is 1. The third-order valence-corrected chi connectivity index (χ3v) is 4.93. The van der Waals surface area contributed by atoms with Crippen LogP contribution in [0.15, 0.2) is 43.0 Å². The van der Waals surface area contributed by atoms with Crippen molar-refractivity contribution in [3.8, 4) is 5.69 Å². The van der Waals surface area contributed by atoms with Gasteiger partial charge in [-0.15, -0.1) is 12.4 Å². The Labute approximate surface area is 137 Å². The highest BCUT2D eigenvalue weighted by molar-refractivity contribution is 5.85. The zero-order valence-electron chi connectivity index (χ0n) is 12.7. The molecule has 3 heterocycles. The first-order chi connectivity index (χ1) is 10.4. The van der Waals surface area contributed by atoms with Gasteiger partial charge in [-0.25, -0.2) is 4.98 Å². The summed E-state index contributed by atoms with van der Waals surface area (Å²) in [5, 5.41) is 3.54. The molecule has 1 N–H and O–H groups in total. The van der Waals surface area contributed by atoms with E-state index in [1.165, 1.54) is 43.9 Å². The van der Waals surface area contributed by atoms with Crippen molar-refractivity contribution < 1.29 is 0 Å². The first-order valence-electron chi connectivity index (χ1n) is 7.89. The third-order valence-electron chi connectivity index (χ3n) is 4.93. The molecule has 0 bridgehead atoms. The standard InChI is InChI=1S/C17H22N4.ClH/c1-3-17(21-8-6-18-13-21)4-2-14(1)11-20-7-5-15-9-19-10-16(15)12-20;/h1-4,6,8,13,15-16,19H,5,7,9-12H2;1H. The minimum Gasteiger partial charge on any atom is -0.316 e. The lowest BCUT2D eigenvalue weighted by atomic mass is 9.88. The lowest BCUT2D eigenvalue weighted by Crippen LogP contribution is -2.39. The molecule has 4 nitrogen and oxygen atoms in total. The van der Waals surface area contributed by atoms with Crippen molar-refractivity contribution in [3.63, 3.8) is 0 Å². The number of hydrogen-bond donors (Lipinski definition) is 1. The molecule has 4 rings (SSSR count). The normalized spacial score (nSPS) is 24.7. The molecule has 1 aromatic heterocycles. The second kappa shape index (κ2) is 6.82. The molecule has 1 aromatic carbocycles. The lowest BCUT2D eigenvalue weighted by Gasteiger charge is -2.34. The Morgan fingerprint density at radius 3 is 2.73 bits per heavy atom. The van der Waals surface area contributed by atoms with Gasteiger partial charge in [-0.3, -0.25) is 4.90 Å². The second-order valence-electron chi connectivity index (χ2n) is 6.34. The van der Waals surface area contributed by atoms with E-state index >= 15 is 0 Å². The van der Waals surface area contributed by atoms with Crippen LogP contribution in [-0.2, 0) is 6.54 Å². The molecule has 2 saturated heterocycles. The quantitative estimate of drug-likeness (QED) is 0.943. The molecule has 22 heavy (non-hydrogen) atoms. The number of imidazole rings is 1. The Morgan fingerprint density at radius 2 is 1.95 bits per heavy atom. The van der Waals surface area contributed by atoms with E-state index in [1.807, 2.05) is 23.3 Å². The molecular formula is C17H23ClN4. The van der Waals surface area contributed by atoms with E-state index in [9.17, 15) is 0 Å². The molecule has 2 atom stereocenters. The van der Waals surface area contributed by atoms with Crippen LogP contribution in [0.25, 0.3) is 5.69 Å². The summed E-state index contributed by atoms with van der Waals surface area (Å²) < 4.78 is 2.04. The summed E-state index contributed by atoms with van der Waals surface area (Å²) in [6.45, 7) is 6.01. The van der Waals surface area contributed by atoms with Gasteiger partial charge in [0.05, 0.1) is 6.33 Å². The van der Waals surface area contributed by atoms with E-state index < -0.39 is 0 Å². The van der Waals surface area contributed by atoms with Gasteiger partial charge in [0.2, 0.25) is 0 Å². The maximum absolute atomic E-state index is 4.09. The Hall–Kier alpha value is -1.36. The Balaban J connectivity index is 0.00000144. The smallest absolute Gasteiger partial charge is 0.0991 e. The number of fused-ring (bicyclic) bond motifs is 1. The molecule has 118 valence electrons. The Kier molecular flexibility index (Phi) is 4.81. The minimum atomic E-state index is 0. The van der Waals surface area contributed by atoms with Crippen LogP contribution in [-0.4, -0.2) is 40.6 Å². The molecular weight excluding hydrogens is 296 g/mol. The third kappa shape index (κ3) is 3.19. The predicted molar refractivity (Wildman–Crippen MR) is 90.6 cm³/mol. The van der Waals surface area contributed by atoms with Crippen molar-refractivity contribution in [2.24, 2.45) is 11.8 Å². The zero-order valence-corrected chi connectivity index (χ0v) is 13.5. The predicted octanol–water partition coefficient (Wildman–Crippen LogP) is 2.34.